The molecule has 1 heterocycles. The molecule has 0 spiro atoms. The van der Waals surface area contributed by atoms with E-state index in [4.69, 9.17) is 11.6 Å². The molecular formula is C10H6ClN5O6. The fourth-order valence-corrected chi connectivity index (χ4v) is 1.45. The molecular weight excluding hydrogens is 322 g/mol. The van der Waals surface area contributed by atoms with Crippen molar-refractivity contribution in [2.75, 3.05) is 0 Å². The minimum absolute atomic E-state index is 0.565. The summed E-state index contributed by atoms with van der Waals surface area (Å²) in [4.78, 5) is 35.6. The summed E-state index contributed by atoms with van der Waals surface area (Å²) in [7, 11) is 0. The lowest BCUT2D eigenvalue weighted by molar-refractivity contribution is -0.403. The Kier molecular flexibility index (Phi) is 5.77. The van der Waals surface area contributed by atoms with Crippen molar-refractivity contribution in [3.63, 3.8) is 0 Å². The van der Waals surface area contributed by atoms with Crippen LogP contribution in [0.5, 0.6) is 0 Å². The largest absolute Gasteiger partial charge is 0.301 e. The van der Waals surface area contributed by atoms with E-state index in [0.717, 1.165) is 0 Å². The van der Waals surface area contributed by atoms with Gasteiger partial charge in [0.1, 0.15) is 6.33 Å². The number of hydrogen-bond donors (Lipinski definition) is 0. The SMILES string of the molecule is O=[N+]([O-])c1cc([N+](=O)[O-])c(Cl)c([N+](=O)[O-])c1.c1cncnc1. The molecule has 0 N–H and O–H groups in total. The number of nitro benzene ring substituents is 3. The molecule has 0 bridgehead atoms. The monoisotopic (exact) mass is 327 g/mol. The molecule has 0 unspecified atom stereocenters. The highest BCUT2D eigenvalue weighted by molar-refractivity contribution is 6.34. The molecule has 12 heteroatoms. The second kappa shape index (κ2) is 7.54. The first-order valence-corrected chi connectivity index (χ1v) is 5.69. The summed E-state index contributed by atoms with van der Waals surface area (Å²) in [5.74, 6) is 0. The van der Waals surface area contributed by atoms with Crippen LogP contribution in [0.1, 0.15) is 0 Å². The molecule has 0 saturated heterocycles. The van der Waals surface area contributed by atoms with Crippen LogP contribution in [0.25, 0.3) is 0 Å². The molecule has 0 atom stereocenters. The highest BCUT2D eigenvalue weighted by Gasteiger charge is 2.28. The maximum absolute atomic E-state index is 10.4. The normalized spacial score (nSPS) is 9.32. The fourth-order valence-electron chi connectivity index (χ4n) is 1.20. The first kappa shape index (κ1) is 16.8. The standard InChI is InChI=1S/C6H2ClN3O6.C4H4N2/c7-6-4(9(13)14)1-3(8(11)12)2-5(6)10(15)16;1-2-5-4-6-3-1/h1-2H;1-4H. The third-order valence-corrected chi connectivity index (χ3v) is 2.49. The maximum atomic E-state index is 10.4. The number of nitrogens with zero attached hydrogens (tertiary/aromatic N) is 5. The molecule has 0 saturated carbocycles. The van der Waals surface area contributed by atoms with E-state index in [1.165, 1.54) is 6.33 Å². The Morgan fingerprint density at radius 2 is 1.32 bits per heavy atom. The number of aromatic nitrogens is 2. The van der Waals surface area contributed by atoms with Gasteiger partial charge in [-0.25, -0.2) is 9.97 Å². The smallest absolute Gasteiger partial charge is 0.258 e. The lowest BCUT2D eigenvalue weighted by Crippen LogP contribution is -1.98. The van der Waals surface area contributed by atoms with Gasteiger partial charge in [-0.3, -0.25) is 30.3 Å². The van der Waals surface area contributed by atoms with E-state index in [9.17, 15) is 30.3 Å². The zero-order valence-corrected chi connectivity index (χ0v) is 11.3. The average Bonchev–Trinajstić information content (AvgIpc) is 2.49. The summed E-state index contributed by atoms with van der Waals surface area (Å²) in [6, 6.07) is 2.91. The van der Waals surface area contributed by atoms with Gasteiger partial charge in [0.15, 0.2) is 5.02 Å². The zero-order valence-electron chi connectivity index (χ0n) is 10.5. The van der Waals surface area contributed by atoms with Crippen LogP contribution in [0.3, 0.4) is 0 Å². The minimum Gasteiger partial charge on any atom is -0.258 e. The van der Waals surface area contributed by atoms with Gasteiger partial charge in [-0.05, 0) is 6.07 Å². The summed E-state index contributed by atoms with van der Waals surface area (Å²) in [5.41, 5.74) is -2.51. The predicted octanol–water partition coefficient (Wildman–Crippen LogP) is 2.54. The van der Waals surface area contributed by atoms with Gasteiger partial charge < -0.3 is 0 Å². The Balaban J connectivity index is 0.000000335. The van der Waals surface area contributed by atoms with E-state index in [2.05, 4.69) is 9.97 Å². The van der Waals surface area contributed by atoms with Crippen molar-refractivity contribution in [1.29, 1.82) is 0 Å². The molecule has 0 aliphatic heterocycles. The third-order valence-electron chi connectivity index (χ3n) is 2.10. The van der Waals surface area contributed by atoms with Crippen molar-refractivity contribution in [3.8, 4) is 0 Å². The van der Waals surface area contributed by atoms with Crippen LogP contribution in [0.15, 0.2) is 36.9 Å². The summed E-state index contributed by atoms with van der Waals surface area (Å²) in [6.45, 7) is 0. The Morgan fingerprint density at radius 3 is 1.55 bits per heavy atom. The minimum atomic E-state index is -1.03. The van der Waals surface area contributed by atoms with Crippen LogP contribution < -0.4 is 0 Å². The second-order valence-corrected chi connectivity index (χ2v) is 3.85. The summed E-state index contributed by atoms with van der Waals surface area (Å²) >= 11 is 5.37. The van der Waals surface area contributed by atoms with Crippen LogP contribution in [-0.2, 0) is 0 Å². The van der Waals surface area contributed by atoms with E-state index in [0.29, 0.717) is 12.1 Å². The Morgan fingerprint density at radius 1 is 0.864 bits per heavy atom. The van der Waals surface area contributed by atoms with Crippen molar-refractivity contribution >= 4 is 28.7 Å². The van der Waals surface area contributed by atoms with Gasteiger partial charge in [0.25, 0.3) is 5.69 Å². The molecule has 0 aliphatic rings. The first-order valence-electron chi connectivity index (χ1n) is 5.31. The Labute approximate surface area is 126 Å². The van der Waals surface area contributed by atoms with E-state index >= 15 is 0 Å². The zero-order chi connectivity index (χ0) is 16.7. The molecule has 22 heavy (non-hydrogen) atoms. The molecule has 0 aliphatic carbocycles. The third kappa shape index (κ3) is 4.42. The molecule has 0 fully saturated rings. The molecule has 11 nitrogen and oxygen atoms in total. The first-order chi connectivity index (χ1) is 10.3. The van der Waals surface area contributed by atoms with Crippen molar-refractivity contribution in [2.45, 2.75) is 0 Å². The van der Waals surface area contributed by atoms with Gasteiger partial charge in [-0.15, -0.1) is 0 Å². The van der Waals surface area contributed by atoms with Gasteiger partial charge >= 0.3 is 11.4 Å². The molecule has 1 aromatic carbocycles. The van der Waals surface area contributed by atoms with Gasteiger partial charge in [0, 0.05) is 12.4 Å². The van der Waals surface area contributed by atoms with Crippen LogP contribution in [0, 0.1) is 30.3 Å². The van der Waals surface area contributed by atoms with Crippen LogP contribution >= 0.6 is 11.6 Å². The highest BCUT2D eigenvalue weighted by atomic mass is 35.5. The molecule has 114 valence electrons. The topological polar surface area (TPSA) is 155 Å². The Bertz CT molecular complexity index is 648. The summed E-state index contributed by atoms with van der Waals surface area (Å²) in [5, 5.41) is 30.5. The number of benzene rings is 1. The van der Waals surface area contributed by atoms with Gasteiger partial charge in [-0.1, -0.05) is 11.6 Å². The number of non-ortho nitro benzene ring substituents is 1. The highest BCUT2D eigenvalue weighted by Crippen LogP contribution is 2.37. The molecule has 2 rings (SSSR count). The maximum Gasteiger partial charge on any atom is 0.301 e. The summed E-state index contributed by atoms with van der Waals surface area (Å²) in [6.07, 6.45) is 4.88. The van der Waals surface area contributed by atoms with Crippen LogP contribution in [0.2, 0.25) is 5.02 Å². The molecule has 2 aromatic rings. The quantitative estimate of drug-likeness (QED) is 0.614. The fraction of sp³-hybridized carbons (Fsp3) is 0. The van der Waals surface area contributed by atoms with Gasteiger partial charge in [-0.2, -0.15) is 0 Å². The second-order valence-electron chi connectivity index (χ2n) is 3.47. The number of hydrogen-bond acceptors (Lipinski definition) is 8. The van der Waals surface area contributed by atoms with Gasteiger partial charge in [0.05, 0.1) is 26.9 Å². The van der Waals surface area contributed by atoms with E-state index in [1.54, 1.807) is 18.5 Å². The summed E-state index contributed by atoms with van der Waals surface area (Å²) < 4.78 is 0. The van der Waals surface area contributed by atoms with E-state index < -0.39 is 36.9 Å². The molecule has 0 radical (unpaired) electrons. The van der Waals surface area contributed by atoms with Crippen molar-refractivity contribution in [2.24, 2.45) is 0 Å². The lowest BCUT2D eigenvalue weighted by Gasteiger charge is -1.97. The number of rotatable bonds is 3. The van der Waals surface area contributed by atoms with Crippen LogP contribution in [-0.4, -0.2) is 24.7 Å². The van der Waals surface area contributed by atoms with Crippen molar-refractivity contribution < 1.29 is 14.8 Å². The lowest BCUT2D eigenvalue weighted by atomic mass is 10.2. The predicted molar refractivity (Wildman–Crippen MR) is 73.4 cm³/mol. The van der Waals surface area contributed by atoms with Crippen LogP contribution in [0.4, 0.5) is 17.1 Å². The number of nitro groups is 3. The Hall–Kier alpha value is -3.21. The van der Waals surface area contributed by atoms with Crippen molar-refractivity contribution in [1.82, 2.24) is 9.97 Å². The number of halogens is 1. The van der Waals surface area contributed by atoms with Gasteiger partial charge in [0.2, 0.25) is 0 Å². The average molecular weight is 328 g/mol. The van der Waals surface area contributed by atoms with Crippen molar-refractivity contribution in [3.05, 3.63) is 72.3 Å². The van der Waals surface area contributed by atoms with E-state index in [1.807, 2.05) is 0 Å². The molecule has 0 amide bonds. The molecule has 1 aromatic heterocycles. The van der Waals surface area contributed by atoms with E-state index in [-0.39, 0.29) is 0 Å².